The van der Waals surface area contributed by atoms with E-state index in [2.05, 4.69) is 23.1 Å². The number of anilines is 1. The van der Waals surface area contributed by atoms with Gasteiger partial charge in [-0.25, -0.2) is 4.98 Å². The predicted molar refractivity (Wildman–Crippen MR) is 158 cm³/mol. The van der Waals surface area contributed by atoms with Crippen LogP contribution in [0.25, 0.3) is 5.69 Å². The van der Waals surface area contributed by atoms with E-state index in [9.17, 15) is 9.59 Å². The Hall–Kier alpha value is -2.52. The summed E-state index contributed by atoms with van der Waals surface area (Å²) < 4.78 is 6.52. The Balaban J connectivity index is 1.27. The van der Waals surface area contributed by atoms with Crippen LogP contribution in [0.1, 0.15) is 49.2 Å². The molecule has 0 radical (unpaired) electrons. The third-order valence-electron chi connectivity index (χ3n) is 7.86. The molecule has 0 amide bonds. The van der Waals surface area contributed by atoms with Gasteiger partial charge in [-0.05, 0) is 73.9 Å². The van der Waals surface area contributed by atoms with Crippen LogP contribution in [0, 0.1) is 12.3 Å². The second-order valence-corrected chi connectivity index (χ2v) is 12.1. The van der Waals surface area contributed by atoms with Crippen molar-refractivity contribution in [1.82, 2.24) is 9.55 Å². The average Bonchev–Trinajstić information content (AvgIpc) is 3.17. The second-order valence-electron chi connectivity index (χ2n) is 10.2. The van der Waals surface area contributed by atoms with E-state index >= 15 is 0 Å². The highest BCUT2D eigenvalue weighted by atomic mass is 35.5. The largest absolute Gasteiger partial charge is 0.466 e. The first kappa shape index (κ1) is 28.0. The summed E-state index contributed by atoms with van der Waals surface area (Å²) in [5.74, 6) is 1.75. The third kappa shape index (κ3) is 5.57. The summed E-state index contributed by atoms with van der Waals surface area (Å²) in [4.78, 5) is 32.9. The van der Waals surface area contributed by atoms with Crippen molar-refractivity contribution < 1.29 is 9.53 Å². The molecule has 1 spiro atoms. The van der Waals surface area contributed by atoms with Crippen molar-refractivity contribution in [2.75, 3.05) is 30.3 Å². The van der Waals surface area contributed by atoms with Gasteiger partial charge in [-0.3, -0.25) is 14.2 Å². The molecule has 1 aromatic heterocycles. The van der Waals surface area contributed by atoms with Gasteiger partial charge in [0, 0.05) is 35.8 Å². The number of piperidine rings is 1. The van der Waals surface area contributed by atoms with Crippen LogP contribution in [0.3, 0.4) is 0 Å². The van der Waals surface area contributed by atoms with Crippen molar-refractivity contribution in [1.29, 1.82) is 0 Å². The fraction of sp³-hybridized carbons (Fsp3) is 0.414. The molecule has 39 heavy (non-hydrogen) atoms. The van der Waals surface area contributed by atoms with Gasteiger partial charge in [0.2, 0.25) is 0 Å². The maximum absolute atomic E-state index is 13.1. The molecule has 0 bridgehead atoms. The van der Waals surface area contributed by atoms with E-state index in [0.29, 0.717) is 46.2 Å². The number of rotatable bonds is 7. The van der Waals surface area contributed by atoms with Crippen LogP contribution in [-0.2, 0) is 16.0 Å². The smallest absolute Gasteiger partial charge is 0.306 e. The molecule has 2 aliphatic rings. The molecule has 1 saturated heterocycles. The Kier molecular flexibility index (Phi) is 8.29. The Bertz CT molecular complexity index is 1450. The SMILES string of the molecule is CCOC(=O)CCSc1ccc2c(c1)[C@@H](N)C1(CCN(c3cc(=O)n(-c4cccc(Cl)c4Cl)c(C)n3)CC1)C2. The first-order chi connectivity index (χ1) is 18.7. The topological polar surface area (TPSA) is 90.5 Å². The molecule has 0 saturated carbocycles. The van der Waals surface area contributed by atoms with Crippen LogP contribution in [0.15, 0.2) is 52.2 Å². The van der Waals surface area contributed by atoms with E-state index in [1.54, 1.807) is 43.0 Å². The van der Waals surface area contributed by atoms with Gasteiger partial charge in [-0.15, -0.1) is 11.8 Å². The number of benzene rings is 2. The molecule has 2 heterocycles. The summed E-state index contributed by atoms with van der Waals surface area (Å²) in [5, 5.41) is 0.719. The number of carbonyl (C=O) groups excluding carboxylic acids is 1. The van der Waals surface area contributed by atoms with E-state index in [-0.39, 0.29) is 23.0 Å². The Labute approximate surface area is 242 Å². The van der Waals surface area contributed by atoms with Crippen molar-refractivity contribution in [3.8, 4) is 5.69 Å². The number of hydrogen-bond donors (Lipinski definition) is 1. The molecule has 1 aliphatic carbocycles. The van der Waals surface area contributed by atoms with Crippen LogP contribution < -0.4 is 16.2 Å². The van der Waals surface area contributed by atoms with E-state index in [0.717, 1.165) is 37.2 Å². The standard InChI is InChI=1S/C29H32Cl2N4O3S/c1-3-38-26(37)9-14-39-20-8-7-19-17-29(28(32)21(19)15-20)10-12-34(13-11-29)24-16-25(36)35(18(2)33-24)23-6-4-5-22(30)27(23)31/h4-8,15-16,28H,3,9-14,17,32H2,1-2H3/t28-/m1/s1. The van der Waals surface area contributed by atoms with Crippen LogP contribution in [0.4, 0.5) is 5.82 Å². The van der Waals surface area contributed by atoms with Crippen molar-refractivity contribution in [2.45, 2.75) is 50.5 Å². The molecule has 2 N–H and O–H groups in total. The third-order valence-corrected chi connectivity index (χ3v) is 9.67. The van der Waals surface area contributed by atoms with Crippen molar-refractivity contribution in [2.24, 2.45) is 11.1 Å². The lowest BCUT2D eigenvalue weighted by Gasteiger charge is -2.42. The fourth-order valence-electron chi connectivity index (χ4n) is 5.79. The molecular weight excluding hydrogens is 555 g/mol. The van der Waals surface area contributed by atoms with Gasteiger partial charge < -0.3 is 15.4 Å². The number of fused-ring (bicyclic) bond motifs is 1. The second kappa shape index (κ2) is 11.5. The van der Waals surface area contributed by atoms with Gasteiger partial charge >= 0.3 is 5.97 Å². The highest BCUT2D eigenvalue weighted by molar-refractivity contribution is 7.99. The number of nitrogens with two attached hydrogens (primary N) is 1. The zero-order valence-corrected chi connectivity index (χ0v) is 24.4. The lowest BCUT2D eigenvalue weighted by molar-refractivity contribution is -0.142. The number of halogens is 2. The molecule has 0 unspecified atom stereocenters. The number of carbonyl (C=O) groups is 1. The van der Waals surface area contributed by atoms with Crippen molar-refractivity contribution in [3.63, 3.8) is 0 Å². The average molecular weight is 588 g/mol. The van der Waals surface area contributed by atoms with Crippen molar-refractivity contribution in [3.05, 3.63) is 79.8 Å². The highest BCUT2D eigenvalue weighted by Crippen LogP contribution is 2.51. The lowest BCUT2D eigenvalue weighted by atomic mass is 9.73. The summed E-state index contributed by atoms with van der Waals surface area (Å²) in [6.07, 6.45) is 3.17. The maximum atomic E-state index is 13.1. The molecule has 10 heteroatoms. The van der Waals surface area contributed by atoms with Gasteiger partial charge in [0.05, 0.1) is 28.8 Å². The number of nitrogens with zero attached hydrogens (tertiary/aromatic N) is 3. The zero-order chi connectivity index (χ0) is 27.7. The summed E-state index contributed by atoms with van der Waals surface area (Å²) in [6.45, 7) is 5.58. The summed E-state index contributed by atoms with van der Waals surface area (Å²) in [7, 11) is 0. The number of thioether (sulfide) groups is 1. The van der Waals surface area contributed by atoms with Crippen molar-refractivity contribution >= 4 is 46.8 Å². The molecule has 3 aromatic rings. The fourth-order valence-corrected chi connectivity index (χ4v) is 7.05. The van der Waals surface area contributed by atoms with E-state index in [1.165, 1.54) is 15.7 Å². The number of hydrogen-bond acceptors (Lipinski definition) is 7. The quantitative estimate of drug-likeness (QED) is 0.279. The first-order valence-electron chi connectivity index (χ1n) is 13.2. The number of aromatic nitrogens is 2. The minimum atomic E-state index is -0.195. The molecular formula is C29H32Cl2N4O3S. The van der Waals surface area contributed by atoms with E-state index in [4.69, 9.17) is 38.7 Å². The number of aryl methyl sites for hydroxylation is 1. The van der Waals surface area contributed by atoms with Gasteiger partial charge in [0.15, 0.2) is 0 Å². The van der Waals surface area contributed by atoms with E-state index in [1.807, 2.05) is 6.92 Å². The zero-order valence-electron chi connectivity index (χ0n) is 22.1. The minimum Gasteiger partial charge on any atom is -0.466 e. The maximum Gasteiger partial charge on any atom is 0.306 e. The molecule has 5 rings (SSSR count). The normalized spacial score (nSPS) is 17.9. The van der Waals surface area contributed by atoms with Gasteiger partial charge in [-0.1, -0.05) is 35.3 Å². The van der Waals surface area contributed by atoms with Crippen LogP contribution in [-0.4, -0.2) is 41.0 Å². The molecule has 1 fully saturated rings. The first-order valence-corrected chi connectivity index (χ1v) is 14.9. The number of ether oxygens (including phenoxy) is 1. The Morgan fingerprint density at radius 3 is 2.69 bits per heavy atom. The molecule has 1 atom stereocenters. The Morgan fingerprint density at radius 1 is 1.21 bits per heavy atom. The minimum absolute atomic E-state index is 0.00853. The van der Waals surface area contributed by atoms with Crippen LogP contribution >= 0.6 is 35.0 Å². The number of esters is 1. The molecule has 7 nitrogen and oxygen atoms in total. The van der Waals surface area contributed by atoms with Crippen LogP contribution in [0.5, 0.6) is 0 Å². The summed E-state index contributed by atoms with van der Waals surface area (Å²) in [5.41, 5.74) is 9.73. The predicted octanol–water partition coefficient (Wildman–Crippen LogP) is 5.74. The van der Waals surface area contributed by atoms with E-state index < -0.39 is 0 Å². The van der Waals surface area contributed by atoms with Gasteiger partial charge in [-0.2, -0.15) is 0 Å². The molecule has 206 valence electrons. The molecule has 1 aliphatic heterocycles. The van der Waals surface area contributed by atoms with Crippen LogP contribution in [0.2, 0.25) is 10.0 Å². The lowest BCUT2D eigenvalue weighted by Crippen LogP contribution is -2.45. The highest BCUT2D eigenvalue weighted by Gasteiger charge is 2.46. The molecule has 2 aromatic carbocycles. The summed E-state index contributed by atoms with van der Waals surface area (Å²) in [6, 6.07) is 13.3. The van der Waals surface area contributed by atoms with Gasteiger partial charge in [0.1, 0.15) is 11.6 Å². The summed E-state index contributed by atoms with van der Waals surface area (Å²) >= 11 is 14.2. The Morgan fingerprint density at radius 2 is 1.97 bits per heavy atom. The monoisotopic (exact) mass is 586 g/mol. The van der Waals surface area contributed by atoms with Gasteiger partial charge in [0.25, 0.3) is 5.56 Å².